The fourth-order valence-electron chi connectivity index (χ4n) is 8.79. The fourth-order valence-corrected chi connectivity index (χ4v) is 8.79. The molecular weight excluding hydrogens is 592 g/mol. The van der Waals surface area contributed by atoms with Crippen LogP contribution in [0.1, 0.15) is 90.9 Å². The highest BCUT2D eigenvalue weighted by Gasteiger charge is 2.65. The largest absolute Gasteiger partial charge is 0.396 e. The molecule has 0 amide bonds. The Bertz CT molecular complexity index is 1140. The molecule has 0 saturated heterocycles. The summed E-state index contributed by atoms with van der Waals surface area (Å²) in [5, 5.41) is 51.7. The van der Waals surface area contributed by atoms with E-state index in [9.17, 15) is 25.2 Å². The summed E-state index contributed by atoms with van der Waals surface area (Å²) >= 11 is 0. The number of rotatable bonds is 19. The number of methoxy groups -OCH3 is 1. The van der Waals surface area contributed by atoms with Crippen molar-refractivity contribution >= 4 is 6.29 Å². The van der Waals surface area contributed by atoms with Crippen molar-refractivity contribution in [3.63, 3.8) is 0 Å². The summed E-state index contributed by atoms with van der Waals surface area (Å²) in [6.45, 7) is 10.4. The van der Waals surface area contributed by atoms with Crippen LogP contribution in [0.2, 0.25) is 0 Å². The number of hydrogen-bond acceptors (Lipinski definition) is 8. The van der Waals surface area contributed by atoms with E-state index in [0.717, 1.165) is 61.8 Å². The van der Waals surface area contributed by atoms with Gasteiger partial charge in [0.05, 0.1) is 18.3 Å². The average molecular weight is 657 g/mol. The Morgan fingerprint density at radius 1 is 1.23 bits per heavy atom. The van der Waals surface area contributed by atoms with E-state index in [1.165, 1.54) is 12.0 Å². The quantitative estimate of drug-likeness (QED) is 0.0499. The normalized spacial score (nSPS) is 31.7. The molecule has 1 spiro atoms. The zero-order valence-corrected chi connectivity index (χ0v) is 29.6. The lowest BCUT2D eigenvalue weighted by molar-refractivity contribution is -0.180. The SMILES string of the molecule is C=C(/C=C/C=C(/CO)[C@@H]1CC[C@]2([C@@H]1O)[C@@H](CCCO)/C(=C(/C)C=O)CC[C@]2(O)CCNC)C[C@H]1C=C(CN[C@H](C)CCOC)CCC1. The Labute approximate surface area is 284 Å². The van der Waals surface area contributed by atoms with Gasteiger partial charge in [0.2, 0.25) is 0 Å². The van der Waals surface area contributed by atoms with Crippen molar-refractivity contribution in [1.29, 1.82) is 0 Å². The lowest BCUT2D eigenvalue weighted by Crippen LogP contribution is -2.61. The summed E-state index contributed by atoms with van der Waals surface area (Å²) in [6, 6.07) is 0.417. The van der Waals surface area contributed by atoms with Crippen molar-refractivity contribution in [2.45, 2.75) is 109 Å². The van der Waals surface area contributed by atoms with E-state index in [-0.39, 0.29) is 25.0 Å². The molecule has 3 aliphatic carbocycles. The molecule has 0 aliphatic heterocycles. The van der Waals surface area contributed by atoms with Crippen LogP contribution in [-0.4, -0.2) is 91.5 Å². The second-order valence-corrected chi connectivity index (χ2v) is 14.4. The second kappa shape index (κ2) is 19.3. The summed E-state index contributed by atoms with van der Waals surface area (Å²) in [5.74, 6) is -0.101. The Kier molecular flexibility index (Phi) is 16.3. The van der Waals surface area contributed by atoms with Crippen molar-refractivity contribution in [2.24, 2.45) is 23.2 Å². The first-order valence-corrected chi connectivity index (χ1v) is 18.0. The molecule has 8 nitrogen and oxygen atoms in total. The van der Waals surface area contributed by atoms with E-state index in [1.54, 1.807) is 7.11 Å². The number of carbonyl (C=O) groups is 1. The molecule has 3 aliphatic rings. The zero-order valence-electron chi connectivity index (χ0n) is 29.6. The van der Waals surface area contributed by atoms with Gasteiger partial charge in [-0.2, -0.15) is 0 Å². The van der Waals surface area contributed by atoms with Gasteiger partial charge in [0.25, 0.3) is 0 Å². The van der Waals surface area contributed by atoms with Gasteiger partial charge in [-0.3, -0.25) is 4.79 Å². The summed E-state index contributed by atoms with van der Waals surface area (Å²) in [4.78, 5) is 12.0. The predicted octanol–water partition coefficient (Wildman–Crippen LogP) is 4.94. The summed E-state index contributed by atoms with van der Waals surface area (Å²) in [7, 11) is 3.60. The first kappa shape index (κ1) is 39.5. The number of aldehydes is 1. The standard InChI is InChI=1S/C39H64N2O6/c1-28(23-31-10-7-11-32(24-31)25-41-30(3)16-22-47-5)9-6-12-33(27-44)35-15-18-39(37(35)45)36(13-8-21-42)34(29(2)26-43)14-17-38(39,46)19-20-40-4/h6,9,12,24,26,30-31,35-37,40-42,44-46H,1,7-8,10-11,13-23,25,27H2,2-5H3/b9-6+,33-12-,34-29-/t30-,31+,35+,36+,37-,38+,39-/m1/s1. The van der Waals surface area contributed by atoms with Gasteiger partial charge in [-0.15, -0.1) is 0 Å². The number of aliphatic hydroxyl groups excluding tert-OH is 3. The minimum atomic E-state index is -1.15. The number of allylic oxidation sites excluding steroid dienone is 7. The number of ether oxygens (including phenoxy) is 1. The van der Waals surface area contributed by atoms with Crippen molar-refractivity contribution in [1.82, 2.24) is 10.6 Å². The van der Waals surface area contributed by atoms with Crippen molar-refractivity contribution in [3.8, 4) is 0 Å². The van der Waals surface area contributed by atoms with Gasteiger partial charge in [0, 0.05) is 44.2 Å². The first-order chi connectivity index (χ1) is 22.6. The molecule has 8 heteroatoms. The molecule has 0 aromatic rings. The zero-order chi connectivity index (χ0) is 34.5. The van der Waals surface area contributed by atoms with Crippen molar-refractivity contribution in [3.05, 3.63) is 58.7 Å². The van der Waals surface area contributed by atoms with Gasteiger partial charge in [-0.1, -0.05) is 47.6 Å². The topological polar surface area (TPSA) is 131 Å². The fraction of sp³-hybridized carbons (Fsp3) is 0.718. The number of aliphatic hydroxyl groups is 4. The number of nitrogens with one attached hydrogen (secondary N) is 2. The summed E-state index contributed by atoms with van der Waals surface area (Å²) < 4.78 is 5.20. The van der Waals surface area contributed by atoms with E-state index >= 15 is 0 Å². The Balaban J connectivity index is 1.77. The Morgan fingerprint density at radius 2 is 2.02 bits per heavy atom. The van der Waals surface area contributed by atoms with Crippen LogP contribution in [0.25, 0.3) is 0 Å². The highest BCUT2D eigenvalue weighted by Crippen LogP contribution is 2.63. The highest BCUT2D eigenvalue weighted by atomic mass is 16.5. The third-order valence-electron chi connectivity index (χ3n) is 11.4. The highest BCUT2D eigenvalue weighted by molar-refractivity contribution is 5.74. The van der Waals surface area contributed by atoms with Crippen LogP contribution >= 0.6 is 0 Å². The first-order valence-electron chi connectivity index (χ1n) is 18.0. The molecule has 0 unspecified atom stereocenters. The Morgan fingerprint density at radius 3 is 2.70 bits per heavy atom. The molecule has 6 N–H and O–H groups in total. The molecule has 266 valence electrons. The van der Waals surface area contributed by atoms with Crippen LogP contribution in [0.5, 0.6) is 0 Å². The predicted molar refractivity (Wildman–Crippen MR) is 190 cm³/mol. The van der Waals surface area contributed by atoms with E-state index in [2.05, 4.69) is 30.2 Å². The van der Waals surface area contributed by atoms with Gasteiger partial charge in [-0.25, -0.2) is 0 Å². The van der Waals surface area contributed by atoms with E-state index in [0.29, 0.717) is 69.0 Å². The molecule has 2 saturated carbocycles. The average Bonchev–Trinajstić information content (AvgIpc) is 3.41. The lowest BCUT2D eigenvalue weighted by atomic mass is 9.51. The van der Waals surface area contributed by atoms with Gasteiger partial charge in [0.15, 0.2) is 0 Å². The second-order valence-electron chi connectivity index (χ2n) is 14.4. The van der Waals surface area contributed by atoms with E-state index in [1.807, 2.05) is 32.2 Å². The summed E-state index contributed by atoms with van der Waals surface area (Å²) in [6.07, 6.45) is 17.5. The number of hydrogen-bond donors (Lipinski definition) is 6. The van der Waals surface area contributed by atoms with Crippen LogP contribution in [0.3, 0.4) is 0 Å². The minimum absolute atomic E-state index is 0.00781. The molecular formula is C39H64N2O6. The summed E-state index contributed by atoms with van der Waals surface area (Å²) in [5.41, 5.74) is 2.85. The molecule has 7 atom stereocenters. The lowest BCUT2D eigenvalue weighted by Gasteiger charge is -2.57. The van der Waals surface area contributed by atoms with E-state index in [4.69, 9.17) is 4.74 Å². The minimum Gasteiger partial charge on any atom is -0.396 e. The van der Waals surface area contributed by atoms with Gasteiger partial charge in [0.1, 0.15) is 6.29 Å². The molecule has 3 rings (SSSR count). The van der Waals surface area contributed by atoms with Crippen molar-refractivity contribution < 1.29 is 30.0 Å². The van der Waals surface area contributed by atoms with Gasteiger partial charge >= 0.3 is 0 Å². The van der Waals surface area contributed by atoms with Crippen LogP contribution in [0, 0.1) is 23.2 Å². The maximum absolute atomic E-state index is 12.4. The van der Waals surface area contributed by atoms with Crippen molar-refractivity contribution in [2.75, 3.05) is 47.1 Å². The monoisotopic (exact) mass is 656 g/mol. The Hall–Kier alpha value is -1.91. The maximum Gasteiger partial charge on any atom is 0.145 e. The van der Waals surface area contributed by atoms with Crippen LogP contribution in [0.4, 0.5) is 0 Å². The van der Waals surface area contributed by atoms with Crippen LogP contribution < -0.4 is 10.6 Å². The van der Waals surface area contributed by atoms with E-state index < -0.39 is 17.1 Å². The molecule has 0 aromatic carbocycles. The molecule has 0 heterocycles. The van der Waals surface area contributed by atoms with Gasteiger partial charge in [-0.05, 0) is 127 Å². The van der Waals surface area contributed by atoms with Crippen LogP contribution in [0.15, 0.2) is 58.7 Å². The third kappa shape index (κ3) is 9.84. The molecule has 0 bridgehead atoms. The maximum atomic E-state index is 12.4. The van der Waals surface area contributed by atoms with Gasteiger partial charge < -0.3 is 35.8 Å². The molecule has 47 heavy (non-hydrogen) atoms. The third-order valence-corrected chi connectivity index (χ3v) is 11.4. The number of carbonyl (C=O) groups excluding carboxylic acids is 1. The molecule has 0 aromatic heterocycles. The molecule has 0 radical (unpaired) electrons. The smallest absolute Gasteiger partial charge is 0.145 e. The van der Waals surface area contributed by atoms with Crippen LogP contribution in [-0.2, 0) is 9.53 Å². The molecule has 2 fully saturated rings.